The second kappa shape index (κ2) is 3.88. The van der Waals surface area contributed by atoms with Crippen LogP contribution in [-0.2, 0) is 0 Å². The van der Waals surface area contributed by atoms with E-state index in [1.165, 1.54) is 0 Å². The number of hydrogen-bond donors (Lipinski definition) is 1. The molecule has 0 aliphatic heterocycles. The van der Waals surface area contributed by atoms with E-state index in [4.69, 9.17) is 5.73 Å². The molecule has 0 bridgehead atoms. The molecule has 1 heteroatoms. The molecule has 1 atom stereocenters. The molecule has 7 heavy (non-hydrogen) atoms. The molecule has 0 heterocycles. The Labute approximate surface area is 45.2 Å². The molecule has 0 aromatic carbocycles. The monoisotopic (exact) mass is 99.1 g/mol. The maximum Gasteiger partial charge on any atom is -0.00485 e. The van der Waals surface area contributed by atoms with Gasteiger partial charge in [0.1, 0.15) is 0 Å². The molecule has 0 aliphatic rings. The van der Waals surface area contributed by atoms with Gasteiger partial charge in [-0.05, 0) is 18.9 Å². The van der Waals surface area contributed by atoms with Crippen LogP contribution in [0.2, 0.25) is 0 Å². The Morgan fingerprint density at radius 3 is 2.57 bits per heavy atom. The summed E-state index contributed by atoms with van der Waals surface area (Å²) >= 11 is 0. The molecule has 1 nitrogen and oxygen atoms in total. The number of hydrogen-bond acceptors (Lipinski definition) is 1. The Balaban J connectivity index is 2.98. The molecular weight excluding hydrogens is 86.1 g/mol. The van der Waals surface area contributed by atoms with Crippen molar-refractivity contribution >= 4 is 0 Å². The predicted octanol–water partition coefficient (Wildman–Crippen LogP) is 1.16. The molecule has 0 amide bonds. The summed E-state index contributed by atoms with van der Waals surface area (Å²) in [6, 6.07) is 0. The van der Waals surface area contributed by atoms with Crippen LogP contribution in [0.3, 0.4) is 0 Å². The van der Waals surface area contributed by atoms with Gasteiger partial charge < -0.3 is 5.73 Å². The van der Waals surface area contributed by atoms with Gasteiger partial charge in [-0.15, -0.1) is 6.58 Å². The van der Waals surface area contributed by atoms with Crippen molar-refractivity contribution in [2.75, 3.05) is 6.54 Å². The quantitative estimate of drug-likeness (QED) is 0.528. The van der Waals surface area contributed by atoms with Gasteiger partial charge in [-0.25, -0.2) is 0 Å². The fourth-order valence-corrected chi connectivity index (χ4v) is 0.381. The summed E-state index contributed by atoms with van der Waals surface area (Å²) in [4.78, 5) is 0. The van der Waals surface area contributed by atoms with Gasteiger partial charge in [0, 0.05) is 0 Å². The van der Waals surface area contributed by atoms with Crippen LogP contribution in [0, 0.1) is 5.92 Å². The highest BCUT2D eigenvalue weighted by Gasteiger charge is 1.90. The zero-order valence-electron chi connectivity index (χ0n) is 4.85. The highest BCUT2D eigenvalue weighted by molar-refractivity contribution is 4.70. The summed E-state index contributed by atoms with van der Waals surface area (Å²) in [6.45, 7) is 6.48. The van der Waals surface area contributed by atoms with E-state index in [0.29, 0.717) is 5.92 Å². The summed E-state index contributed by atoms with van der Waals surface area (Å²) < 4.78 is 0. The van der Waals surface area contributed by atoms with E-state index in [0.717, 1.165) is 13.0 Å². The molecule has 0 radical (unpaired) electrons. The summed E-state index contributed by atoms with van der Waals surface area (Å²) in [5.74, 6) is 0.609. The minimum absolute atomic E-state index is 0.609. The topological polar surface area (TPSA) is 26.0 Å². The highest BCUT2D eigenvalue weighted by Crippen LogP contribution is 1.96. The third-order valence-electron chi connectivity index (χ3n) is 0.971. The smallest absolute Gasteiger partial charge is 0.00485 e. The zero-order valence-corrected chi connectivity index (χ0v) is 4.85. The van der Waals surface area contributed by atoms with E-state index >= 15 is 0 Å². The van der Waals surface area contributed by atoms with Crippen molar-refractivity contribution in [1.29, 1.82) is 0 Å². The van der Waals surface area contributed by atoms with Gasteiger partial charge in [0.05, 0.1) is 0 Å². The first-order chi connectivity index (χ1) is 3.31. The zero-order chi connectivity index (χ0) is 5.70. The van der Waals surface area contributed by atoms with Crippen LogP contribution >= 0.6 is 0 Å². The molecule has 0 aromatic rings. The lowest BCUT2D eigenvalue weighted by atomic mass is 10.1. The van der Waals surface area contributed by atoms with E-state index in [9.17, 15) is 0 Å². The van der Waals surface area contributed by atoms with Crippen LogP contribution in [-0.4, -0.2) is 6.54 Å². The molecule has 0 aliphatic carbocycles. The van der Waals surface area contributed by atoms with E-state index in [1.54, 1.807) is 0 Å². The fourth-order valence-electron chi connectivity index (χ4n) is 0.381. The summed E-state index contributed by atoms with van der Waals surface area (Å²) in [5.41, 5.74) is 5.31. The molecule has 0 rings (SSSR count). The van der Waals surface area contributed by atoms with Gasteiger partial charge in [0.2, 0.25) is 0 Å². The minimum atomic E-state index is 0.609. The summed E-state index contributed by atoms with van der Waals surface area (Å²) in [7, 11) is 0. The van der Waals surface area contributed by atoms with Crippen molar-refractivity contribution in [1.82, 2.24) is 0 Å². The molecule has 0 saturated carbocycles. The van der Waals surface area contributed by atoms with Gasteiger partial charge in [-0.2, -0.15) is 0 Å². The summed E-state index contributed by atoms with van der Waals surface area (Å²) in [6.07, 6.45) is 2.94. The maximum atomic E-state index is 5.31. The van der Waals surface area contributed by atoms with E-state index in [1.807, 2.05) is 6.08 Å². The van der Waals surface area contributed by atoms with Crippen LogP contribution in [0.25, 0.3) is 0 Å². The maximum absolute atomic E-state index is 5.31. The van der Waals surface area contributed by atoms with Crippen LogP contribution in [0.5, 0.6) is 0 Å². The minimum Gasteiger partial charge on any atom is -0.330 e. The van der Waals surface area contributed by atoms with E-state index < -0.39 is 0 Å². The lowest BCUT2D eigenvalue weighted by molar-refractivity contribution is 0.606. The molecule has 0 fully saturated rings. The molecule has 0 saturated heterocycles. The second-order valence-electron chi connectivity index (χ2n) is 1.87. The first-order valence-electron chi connectivity index (χ1n) is 2.62. The lowest BCUT2D eigenvalue weighted by Gasteiger charge is -2.00. The normalized spacial score (nSPS) is 13.4. The first kappa shape index (κ1) is 6.70. The molecule has 0 aromatic heterocycles. The fraction of sp³-hybridized carbons (Fsp3) is 0.667. The van der Waals surface area contributed by atoms with Crippen molar-refractivity contribution < 1.29 is 0 Å². The molecule has 2 N–H and O–H groups in total. The molecule has 0 spiro atoms. The average molecular weight is 99.2 g/mol. The largest absolute Gasteiger partial charge is 0.330 e. The second-order valence-corrected chi connectivity index (χ2v) is 1.87. The van der Waals surface area contributed by atoms with Crippen LogP contribution in [0.1, 0.15) is 13.3 Å². The number of allylic oxidation sites excluding steroid dienone is 1. The first-order valence-corrected chi connectivity index (χ1v) is 2.62. The highest BCUT2D eigenvalue weighted by atomic mass is 14.5. The van der Waals surface area contributed by atoms with E-state index in [2.05, 4.69) is 13.5 Å². The number of rotatable bonds is 3. The Bertz CT molecular complexity index is 50.1. The number of nitrogens with two attached hydrogens (primary N) is 1. The Morgan fingerprint density at radius 2 is 2.43 bits per heavy atom. The SMILES string of the molecule is C=CCC(C)CN. The van der Waals surface area contributed by atoms with Gasteiger partial charge >= 0.3 is 0 Å². The third-order valence-corrected chi connectivity index (χ3v) is 0.971. The van der Waals surface area contributed by atoms with Crippen LogP contribution in [0.4, 0.5) is 0 Å². The lowest BCUT2D eigenvalue weighted by Crippen LogP contribution is -2.08. The van der Waals surface area contributed by atoms with Gasteiger partial charge in [-0.1, -0.05) is 13.0 Å². The Hall–Kier alpha value is -0.300. The average Bonchev–Trinajstić information content (AvgIpc) is 1.68. The van der Waals surface area contributed by atoms with Crippen molar-refractivity contribution in [3.05, 3.63) is 12.7 Å². The van der Waals surface area contributed by atoms with Crippen molar-refractivity contribution in [3.8, 4) is 0 Å². The van der Waals surface area contributed by atoms with E-state index in [-0.39, 0.29) is 0 Å². The standard InChI is InChI=1S/C6H13N/c1-3-4-6(2)5-7/h3,6H,1,4-5,7H2,2H3. The molecule has 1 unspecified atom stereocenters. The van der Waals surface area contributed by atoms with Crippen LogP contribution < -0.4 is 5.73 Å². The van der Waals surface area contributed by atoms with Gasteiger partial charge in [-0.3, -0.25) is 0 Å². The molecular formula is C6H13N. The van der Waals surface area contributed by atoms with Crippen molar-refractivity contribution in [2.45, 2.75) is 13.3 Å². The van der Waals surface area contributed by atoms with Gasteiger partial charge in [0.25, 0.3) is 0 Å². The Kier molecular flexibility index (Phi) is 3.71. The predicted molar refractivity (Wildman–Crippen MR) is 33.0 cm³/mol. The van der Waals surface area contributed by atoms with Crippen molar-refractivity contribution in [2.24, 2.45) is 11.7 Å². The third kappa shape index (κ3) is 3.53. The van der Waals surface area contributed by atoms with Gasteiger partial charge in [0.15, 0.2) is 0 Å². The molecule has 42 valence electrons. The van der Waals surface area contributed by atoms with Crippen molar-refractivity contribution in [3.63, 3.8) is 0 Å². The van der Waals surface area contributed by atoms with Crippen LogP contribution in [0.15, 0.2) is 12.7 Å². The summed E-state index contributed by atoms with van der Waals surface area (Å²) in [5, 5.41) is 0. The Morgan fingerprint density at radius 1 is 1.86 bits per heavy atom.